The van der Waals surface area contributed by atoms with Gasteiger partial charge in [-0.15, -0.1) is 0 Å². The van der Waals surface area contributed by atoms with Gasteiger partial charge in [-0.1, -0.05) is 42.5 Å². The fourth-order valence-electron chi connectivity index (χ4n) is 3.47. The van der Waals surface area contributed by atoms with Crippen LogP contribution in [0.2, 0.25) is 0 Å². The average Bonchev–Trinajstić information content (AvgIpc) is 2.79. The van der Waals surface area contributed by atoms with Gasteiger partial charge in [-0.05, 0) is 35.4 Å². The summed E-state index contributed by atoms with van der Waals surface area (Å²) in [7, 11) is 6.67. The third kappa shape index (κ3) is 5.48. The maximum absolute atomic E-state index is 12.8. The molecular weight excluding hydrogens is 392 g/mol. The number of benzene rings is 3. The van der Waals surface area contributed by atoms with Crippen molar-refractivity contribution >= 4 is 17.3 Å². The molecule has 0 aromatic heterocycles. The highest BCUT2D eigenvalue weighted by Gasteiger charge is 2.16. The van der Waals surface area contributed by atoms with Gasteiger partial charge in [0, 0.05) is 13.6 Å². The van der Waals surface area contributed by atoms with E-state index in [0.29, 0.717) is 17.2 Å². The molecule has 3 aromatic carbocycles. The van der Waals surface area contributed by atoms with Crippen molar-refractivity contribution < 1.29 is 19.0 Å². The van der Waals surface area contributed by atoms with Gasteiger partial charge in [0.1, 0.15) is 0 Å². The van der Waals surface area contributed by atoms with E-state index in [1.807, 2.05) is 49.5 Å². The van der Waals surface area contributed by atoms with Crippen molar-refractivity contribution in [3.8, 4) is 17.2 Å². The number of ether oxygens (including phenoxy) is 3. The summed E-state index contributed by atoms with van der Waals surface area (Å²) in [5.41, 5.74) is 3.67. The Labute approximate surface area is 183 Å². The predicted molar refractivity (Wildman–Crippen MR) is 123 cm³/mol. The molecule has 1 amide bonds. The molecule has 0 heterocycles. The Bertz CT molecular complexity index is 996. The highest BCUT2D eigenvalue weighted by atomic mass is 16.5. The van der Waals surface area contributed by atoms with E-state index >= 15 is 0 Å². The molecule has 0 aliphatic carbocycles. The van der Waals surface area contributed by atoms with Gasteiger partial charge in [0.2, 0.25) is 11.7 Å². The first-order valence-electron chi connectivity index (χ1n) is 9.98. The third-order valence-electron chi connectivity index (χ3n) is 4.94. The fourth-order valence-corrected chi connectivity index (χ4v) is 3.47. The van der Waals surface area contributed by atoms with Crippen LogP contribution in [0.4, 0.5) is 11.4 Å². The van der Waals surface area contributed by atoms with E-state index in [4.69, 9.17) is 14.2 Å². The van der Waals surface area contributed by atoms with Crippen molar-refractivity contribution in [2.24, 2.45) is 0 Å². The normalized spacial score (nSPS) is 10.3. The average molecular weight is 421 g/mol. The quantitative estimate of drug-likeness (QED) is 0.551. The van der Waals surface area contributed by atoms with Crippen LogP contribution >= 0.6 is 0 Å². The van der Waals surface area contributed by atoms with Gasteiger partial charge in [0.05, 0.1) is 39.1 Å². The number of para-hydroxylation sites is 2. The highest BCUT2D eigenvalue weighted by Crippen LogP contribution is 2.38. The summed E-state index contributed by atoms with van der Waals surface area (Å²) >= 11 is 0. The van der Waals surface area contributed by atoms with Crippen molar-refractivity contribution in [3.05, 3.63) is 77.9 Å². The zero-order chi connectivity index (χ0) is 22.2. The number of rotatable bonds is 9. The molecule has 0 saturated heterocycles. The maximum Gasteiger partial charge on any atom is 0.228 e. The fraction of sp³-hybridized carbons (Fsp3) is 0.240. The molecule has 31 heavy (non-hydrogen) atoms. The molecule has 3 rings (SSSR count). The summed E-state index contributed by atoms with van der Waals surface area (Å²) in [5.74, 6) is 1.41. The Kier molecular flexibility index (Phi) is 7.38. The minimum Gasteiger partial charge on any atom is -0.493 e. The molecule has 6 heteroatoms. The van der Waals surface area contributed by atoms with Gasteiger partial charge in [-0.2, -0.15) is 0 Å². The summed E-state index contributed by atoms with van der Waals surface area (Å²) in [6, 6.07) is 21.6. The van der Waals surface area contributed by atoms with Crippen LogP contribution < -0.4 is 24.4 Å². The highest BCUT2D eigenvalue weighted by molar-refractivity contribution is 5.95. The van der Waals surface area contributed by atoms with E-state index < -0.39 is 0 Å². The van der Waals surface area contributed by atoms with Crippen LogP contribution in [-0.2, 0) is 17.8 Å². The molecule has 6 nitrogen and oxygen atoms in total. The van der Waals surface area contributed by atoms with Gasteiger partial charge in [-0.3, -0.25) is 4.79 Å². The molecule has 0 fully saturated rings. The maximum atomic E-state index is 12.8. The van der Waals surface area contributed by atoms with Gasteiger partial charge in [0.15, 0.2) is 11.5 Å². The molecule has 0 saturated carbocycles. The van der Waals surface area contributed by atoms with Crippen LogP contribution in [-0.4, -0.2) is 34.3 Å². The summed E-state index contributed by atoms with van der Waals surface area (Å²) < 4.78 is 16.1. The van der Waals surface area contributed by atoms with Crippen molar-refractivity contribution in [2.45, 2.75) is 13.0 Å². The molecule has 0 bridgehead atoms. The van der Waals surface area contributed by atoms with E-state index in [1.165, 1.54) is 5.56 Å². The van der Waals surface area contributed by atoms with E-state index in [1.54, 1.807) is 33.5 Å². The van der Waals surface area contributed by atoms with Crippen molar-refractivity contribution in [1.82, 2.24) is 0 Å². The van der Waals surface area contributed by atoms with Gasteiger partial charge >= 0.3 is 0 Å². The van der Waals surface area contributed by atoms with Crippen molar-refractivity contribution in [1.29, 1.82) is 0 Å². The molecule has 1 N–H and O–H groups in total. The Morgan fingerprint density at radius 2 is 1.45 bits per heavy atom. The van der Waals surface area contributed by atoms with Crippen molar-refractivity contribution in [3.63, 3.8) is 0 Å². The van der Waals surface area contributed by atoms with Gasteiger partial charge in [-0.25, -0.2) is 0 Å². The van der Waals surface area contributed by atoms with Crippen LogP contribution in [0.5, 0.6) is 17.2 Å². The Morgan fingerprint density at radius 1 is 0.839 bits per heavy atom. The smallest absolute Gasteiger partial charge is 0.228 e. The van der Waals surface area contributed by atoms with Crippen LogP contribution in [0, 0.1) is 0 Å². The molecule has 0 radical (unpaired) electrons. The molecule has 0 atom stereocenters. The first kappa shape index (κ1) is 22.0. The van der Waals surface area contributed by atoms with Crippen LogP contribution in [0.3, 0.4) is 0 Å². The lowest BCUT2D eigenvalue weighted by Gasteiger charge is -2.23. The minimum atomic E-state index is -0.130. The largest absolute Gasteiger partial charge is 0.493 e. The zero-order valence-electron chi connectivity index (χ0n) is 18.3. The molecule has 0 aliphatic heterocycles. The molecule has 162 valence electrons. The molecule has 3 aromatic rings. The van der Waals surface area contributed by atoms with Crippen LogP contribution in [0.25, 0.3) is 0 Å². The Morgan fingerprint density at radius 3 is 2.06 bits per heavy atom. The second kappa shape index (κ2) is 10.4. The summed E-state index contributed by atoms with van der Waals surface area (Å²) in [6.45, 7) is 0.737. The predicted octanol–water partition coefficient (Wildman–Crippen LogP) is 4.53. The number of hydrogen-bond donors (Lipinski definition) is 1. The van der Waals surface area contributed by atoms with Crippen LogP contribution in [0.1, 0.15) is 11.1 Å². The van der Waals surface area contributed by atoms with Crippen LogP contribution in [0.15, 0.2) is 66.7 Å². The van der Waals surface area contributed by atoms with E-state index in [9.17, 15) is 4.79 Å². The molecular formula is C25H28N2O4. The number of carbonyl (C=O) groups is 1. The zero-order valence-corrected chi connectivity index (χ0v) is 18.3. The number of carbonyl (C=O) groups excluding carboxylic acids is 1. The Balaban J connectivity index is 1.76. The first-order chi connectivity index (χ1) is 15.0. The standard InChI is InChI=1S/C25H28N2O4/c1-27(17-18-10-6-5-7-11-18)21-13-9-8-12-20(21)26-24(28)16-19-14-22(29-2)25(31-4)23(15-19)30-3/h5-15H,16-17H2,1-4H3,(H,26,28). The van der Waals surface area contributed by atoms with Gasteiger partial charge in [0.25, 0.3) is 0 Å². The molecule has 0 unspecified atom stereocenters. The SMILES string of the molecule is COc1cc(CC(=O)Nc2ccccc2N(C)Cc2ccccc2)cc(OC)c1OC. The summed E-state index contributed by atoms with van der Waals surface area (Å²) in [5, 5.41) is 3.04. The van der Waals surface area contributed by atoms with E-state index in [2.05, 4.69) is 22.3 Å². The number of nitrogens with zero attached hydrogens (tertiary/aromatic N) is 1. The van der Waals surface area contributed by atoms with Crippen molar-refractivity contribution in [2.75, 3.05) is 38.6 Å². The lowest BCUT2D eigenvalue weighted by atomic mass is 10.1. The second-order valence-electron chi connectivity index (χ2n) is 7.12. The van der Waals surface area contributed by atoms with E-state index in [0.717, 1.165) is 23.5 Å². The number of anilines is 2. The monoisotopic (exact) mass is 420 g/mol. The van der Waals surface area contributed by atoms with E-state index in [-0.39, 0.29) is 12.3 Å². The number of amides is 1. The molecule has 0 aliphatic rings. The summed E-state index contributed by atoms with van der Waals surface area (Å²) in [6.07, 6.45) is 0.174. The molecule has 0 spiro atoms. The third-order valence-corrected chi connectivity index (χ3v) is 4.94. The number of nitrogens with one attached hydrogen (secondary N) is 1. The minimum absolute atomic E-state index is 0.130. The van der Waals surface area contributed by atoms with Gasteiger partial charge < -0.3 is 24.4 Å². The first-order valence-corrected chi connectivity index (χ1v) is 9.98. The number of hydrogen-bond acceptors (Lipinski definition) is 5. The Hall–Kier alpha value is -3.67. The lowest BCUT2D eigenvalue weighted by molar-refractivity contribution is -0.115. The summed E-state index contributed by atoms with van der Waals surface area (Å²) in [4.78, 5) is 14.9. The second-order valence-corrected chi connectivity index (χ2v) is 7.12. The topological polar surface area (TPSA) is 60.0 Å². The number of methoxy groups -OCH3 is 3. The lowest BCUT2D eigenvalue weighted by Crippen LogP contribution is -2.21.